The first kappa shape index (κ1) is 20.7. The highest BCUT2D eigenvalue weighted by atomic mass is 35.5. The highest BCUT2D eigenvalue weighted by molar-refractivity contribution is 6.31. The maximum atomic E-state index is 13.2. The molecule has 0 fully saturated rings. The molecule has 0 saturated carbocycles. The Morgan fingerprint density at radius 2 is 1.93 bits per heavy atom. The first-order chi connectivity index (χ1) is 13.6. The van der Waals surface area contributed by atoms with Crippen molar-refractivity contribution in [2.24, 2.45) is 0 Å². The van der Waals surface area contributed by atoms with Gasteiger partial charge in [-0.15, -0.1) is 0 Å². The maximum Gasteiger partial charge on any atom is 0.449 e. The van der Waals surface area contributed by atoms with Crippen LogP contribution in [0.5, 0.6) is 0 Å². The summed E-state index contributed by atoms with van der Waals surface area (Å²) in [6, 6.07) is 10.8. The average Bonchev–Trinajstić information content (AvgIpc) is 3.02. The van der Waals surface area contributed by atoms with Crippen LogP contribution in [0, 0.1) is 6.92 Å². The van der Waals surface area contributed by atoms with Crippen LogP contribution >= 0.6 is 11.6 Å². The number of esters is 1. The van der Waals surface area contributed by atoms with E-state index in [2.05, 4.69) is 10.3 Å². The number of amides is 1. The molecule has 0 aliphatic rings. The Bertz CT molecular complexity index is 1080. The van der Waals surface area contributed by atoms with Crippen LogP contribution in [-0.2, 0) is 27.0 Å². The number of aryl methyl sites for hydroxylation is 1. The van der Waals surface area contributed by atoms with E-state index in [1.807, 2.05) is 0 Å². The van der Waals surface area contributed by atoms with Gasteiger partial charge in [-0.25, -0.2) is 4.98 Å². The summed E-state index contributed by atoms with van der Waals surface area (Å²) in [7, 11) is 0. The number of fused-ring (bicyclic) bond motifs is 1. The van der Waals surface area contributed by atoms with E-state index in [0.717, 1.165) is 10.1 Å². The molecule has 3 aromatic rings. The third-order valence-electron chi connectivity index (χ3n) is 4.02. The molecule has 29 heavy (non-hydrogen) atoms. The zero-order chi connectivity index (χ0) is 21.2. The number of carbonyl (C=O) groups is 2. The third-order valence-corrected chi connectivity index (χ3v) is 4.42. The van der Waals surface area contributed by atoms with Crippen LogP contribution in [0.1, 0.15) is 11.4 Å². The lowest BCUT2D eigenvalue weighted by molar-refractivity contribution is -0.152. The van der Waals surface area contributed by atoms with Crippen LogP contribution in [0.4, 0.5) is 18.9 Å². The Morgan fingerprint density at radius 3 is 2.62 bits per heavy atom. The van der Waals surface area contributed by atoms with Gasteiger partial charge < -0.3 is 14.6 Å². The van der Waals surface area contributed by atoms with Crippen molar-refractivity contribution in [3.8, 4) is 0 Å². The number of nitrogens with one attached hydrogen (secondary N) is 1. The summed E-state index contributed by atoms with van der Waals surface area (Å²) in [4.78, 5) is 27.5. The number of para-hydroxylation sites is 2. The summed E-state index contributed by atoms with van der Waals surface area (Å²) in [5.74, 6) is -2.87. The monoisotopic (exact) mass is 425 g/mol. The molecule has 0 spiro atoms. The summed E-state index contributed by atoms with van der Waals surface area (Å²) < 4.78 is 45.3. The van der Waals surface area contributed by atoms with Crippen molar-refractivity contribution in [3.05, 3.63) is 58.9 Å². The SMILES string of the molecule is Cc1ccc(NC(=O)COC(=O)Cn2c(C(F)(F)F)nc3ccccc32)cc1Cl. The zero-order valence-electron chi connectivity index (χ0n) is 15.1. The molecule has 1 aromatic heterocycles. The first-order valence-corrected chi connectivity index (χ1v) is 8.77. The number of nitrogens with zero attached hydrogens (tertiary/aromatic N) is 2. The van der Waals surface area contributed by atoms with E-state index in [4.69, 9.17) is 16.3 Å². The molecule has 1 N–H and O–H groups in total. The van der Waals surface area contributed by atoms with E-state index in [1.54, 1.807) is 25.1 Å². The number of benzene rings is 2. The number of alkyl halides is 3. The second-order valence-corrected chi connectivity index (χ2v) is 6.59. The molecule has 2 aromatic carbocycles. The van der Waals surface area contributed by atoms with Crippen molar-refractivity contribution < 1.29 is 27.5 Å². The summed E-state index contributed by atoms with van der Waals surface area (Å²) in [5, 5.41) is 2.94. The Kier molecular flexibility index (Phi) is 5.78. The smallest absolute Gasteiger partial charge is 0.449 e. The molecular weight excluding hydrogens is 411 g/mol. The van der Waals surface area contributed by atoms with Gasteiger partial charge in [0.1, 0.15) is 6.54 Å². The minimum atomic E-state index is -4.75. The second kappa shape index (κ2) is 8.12. The number of carbonyl (C=O) groups excluding carboxylic acids is 2. The fourth-order valence-electron chi connectivity index (χ4n) is 2.64. The molecule has 0 radical (unpaired) electrons. The predicted octanol–water partition coefficient (Wildman–Crippen LogP) is 4.20. The molecule has 3 rings (SSSR count). The number of hydrogen-bond acceptors (Lipinski definition) is 4. The van der Waals surface area contributed by atoms with Crippen molar-refractivity contribution in [3.63, 3.8) is 0 Å². The van der Waals surface area contributed by atoms with Gasteiger partial charge in [-0.1, -0.05) is 29.8 Å². The van der Waals surface area contributed by atoms with Gasteiger partial charge in [0, 0.05) is 10.7 Å². The lowest BCUT2D eigenvalue weighted by Gasteiger charge is -2.11. The van der Waals surface area contributed by atoms with Crippen molar-refractivity contribution in [1.29, 1.82) is 0 Å². The molecule has 0 aliphatic heterocycles. The average molecular weight is 426 g/mol. The minimum absolute atomic E-state index is 0.0987. The molecule has 6 nitrogen and oxygen atoms in total. The number of imidazole rings is 1. The van der Waals surface area contributed by atoms with E-state index in [9.17, 15) is 22.8 Å². The van der Waals surface area contributed by atoms with Gasteiger partial charge >= 0.3 is 12.1 Å². The standard InChI is InChI=1S/C19H15ClF3N3O3/c1-11-6-7-12(8-13(11)20)24-16(27)10-29-17(28)9-26-15-5-3-2-4-14(15)25-18(26)19(21,22)23/h2-8H,9-10H2,1H3,(H,24,27). The van der Waals surface area contributed by atoms with Crippen LogP contribution in [0.3, 0.4) is 0 Å². The van der Waals surface area contributed by atoms with Gasteiger partial charge in [0.2, 0.25) is 5.82 Å². The van der Waals surface area contributed by atoms with Gasteiger partial charge in [-0.2, -0.15) is 13.2 Å². The van der Waals surface area contributed by atoms with Crippen molar-refractivity contribution in [1.82, 2.24) is 9.55 Å². The Morgan fingerprint density at radius 1 is 1.21 bits per heavy atom. The number of halogens is 4. The van der Waals surface area contributed by atoms with Gasteiger partial charge in [-0.05, 0) is 36.8 Å². The second-order valence-electron chi connectivity index (χ2n) is 6.18. The number of ether oxygens (including phenoxy) is 1. The van der Waals surface area contributed by atoms with Crippen molar-refractivity contribution >= 4 is 40.2 Å². The van der Waals surface area contributed by atoms with Crippen LogP contribution in [-0.4, -0.2) is 28.0 Å². The van der Waals surface area contributed by atoms with E-state index in [0.29, 0.717) is 10.7 Å². The Labute approximate surface area is 168 Å². The van der Waals surface area contributed by atoms with Crippen molar-refractivity contribution in [2.75, 3.05) is 11.9 Å². The summed E-state index contributed by atoms with van der Waals surface area (Å²) in [6.07, 6.45) is -4.75. The van der Waals surface area contributed by atoms with Gasteiger partial charge in [-0.3, -0.25) is 9.59 Å². The topological polar surface area (TPSA) is 73.2 Å². The van der Waals surface area contributed by atoms with E-state index >= 15 is 0 Å². The number of rotatable bonds is 5. The summed E-state index contributed by atoms with van der Waals surface area (Å²) in [6.45, 7) is 0.405. The highest BCUT2D eigenvalue weighted by Crippen LogP contribution is 2.31. The largest absolute Gasteiger partial charge is 0.454 e. The molecule has 10 heteroatoms. The van der Waals surface area contributed by atoms with E-state index in [1.165, 1.54) is 24.3 Å². The Hall–Kier alpha value is -3.07. The molecule has 1 heterocycles. The molecule has 0 atom stereocenters. The van der Waals surface area contributed by atoms with Crippen LogP contribution in [0.25, 0.3) is 11.0 Å². The van der Waals surface area contributed by atoms with Crippen LogP contribution in [0.2, 0.25) is 5.02 Å². The molecule has 0 aliphatic carbocycles. The molecule has 0 unspecified atom stereocenters. The molecule has 152 valence electrons. The fourth-order valence-corrected chi connectivity index (χ4v) is 2.82. The lowest BCUT2D eigenvalue weighted by Crippen LogP contribution is -2.24. The lowest BCUT2D eigenvalue weighted by atomic mass is 10.2. The fraction of sp³-hybridized carbons (Fsp3) is 0.211. The molecule has 1 amide bonds. The van der Waals surface area contributed by atoms with Gasteiger partial charge in [0.05, 0.1) is 11.0 Å². The molecule has 0 saturated heterocycles. The Balaban J connectivity index is 1.66. The van der Waals surface area contributed by atoms with Gasteiger partial charge in [0.25, 0.3) is 5.91 Å². The molecule has 0 bridgehead atoms. The van der Waals surface area contributed by atoms with E-state index < -0.39 is 37.0 Å². The molecular formula is C19H15ClF3N3O3. The summed E-state index contributed by atoms with van der Waals surface area (Å²) in [5.41, 5.74) is 1.46. The maximum absolute atomic E-state index is 13.2. The minimum Gasteiger partial charge on any atom is -0.454 e. The summed E-state index contributed by atoms with van der Waals surface area (Å²) >= 11 is 5.97. The van der Waals surface area contributed by atoms with Crippen LogP contribution < -0.4 is 5.32 Å². The quantitative estimate of drug-likeness (QED) is 0.622. The third kappa shape index (κ3) is 4.86. The van der Waals surface area contributed by atoms with Crippen molar-refractivity contribution in [2.45, 2.75) is 19.6 Å². The number of aromatic nitrogens is 2. The number of hydrogen-bond donors (Lipinski definition) is 1. The zero-order valence-corrected chi connectivity index (χ0v) is 15.8. The predicted molar refractivity (Wildman–Crippen MR) is 101 cm³/mol. The van der Waals surface area contributed by atoms with Gasteiger partial charge in [0.15, 0.2) is 6.61 Å². The first-order valence-electron chi connectivity index (χ1n) is 8.39. The normalized spacial score (nSPS) is 11.5. The number of anilines is 1. The van der Waals surface area contributed by atoms with Crippen LogP contribution in [0.15, 0.2) is 42.5 Å². The highest BCUT2D eigenvalue weighted by Gasteiger charge is 2.38. The van der Waals surface area contributed by atoms with E-state index in [-0.39, 0.29) is 11.0 Å².